The fourth-order valence-corrected chi connectivity index (χ4v) is 2.49. The van der Waals surface area contributed by atoms with Crippen LogP contribution in [0, 0.1) is 6.92 Å². The molecular formula is C11H11ClN2OS. The average Bonchev–Trinajstić information content (AvgIpc) is 2.65. The first-order chi connectivity index (χ1) is 7.63. The Morgan fingerprint density at radius 1 is 1.69 bits per heavy atom. The molecule has 84 valence electrons. The third-order valence-electron chi connectivity index (χ3n) is 2.33. The molecule has 0 amide bonds. The van der Waals surface area contributed by atoms with Crippen LogP contribution in [0.1, 0.15) is 12.5 Å². The maximum Gasteiger partial charge on any atom is 0.271 e. The van der Waals surface area contributed by atoms with Crippen molar-refractivity contribution in [2.45, 2.75) is 20.4 Å². The van der Waals surface area contributed by atoms with Gasteiger partial charge in [-0.3, -0.25) is 9.36 Å². The van der Waals surface area contributed by atoms with E-state index < -0.39 is 0 Å². The van der Waals surface area contributed by atoms with E-state index in [0.717, 1.165) is 16.7 Å². The average molecular weight is 255 g/mol. The molecule has 2 heterocycles. The zero-order valence-corrected chi connectivity index (χ0v) is 10.6. The van der Waals surface area contributed by atoms with Crippen LogP contribution < -0.4 is 5.56 Å². The van der Waals surface area contributed by atoms with Gasteiger partial charge in [0.2, 0.25) is 0 Å². The first-order valence-electron chi connectivity index (χ1n) is 4.82. The topological polar surface area (TPSA) is 34.9 Å². The molecule has 0 aromatic carbocycles. The van der Waals surface area contributed by atoms with E-state index in [2.05, 4.69) is 4.98 Å². The molecule has 2 rings (SSSR count). The summed E-state index contributed by atoms with van der Waals surface area (Å²) in [7, 11) is 0. The maximum atomic E-state index is 12.1. The second-order valence-electron chi connectivity index (χ2n) is 3.73. The summed E-state index contributed by atoms with van der Waals surface area (Å²) < 4.78 is 2.29. The molecule has 2 aromatic heterocycles. The van der Waals surface area contributed by atoms with E-state index in [4.69, 9.17) is 11.6 Å². The van der Waals surface area contributed by atoms with Crippen molar-refractivity contribution in [1.82, 2.24) is 9.55 Å². The van der Waals surface area contributed by atoms with Crippen LogP contribution in [0.2, 0.25) is 0 Å². The van der Waals surface area contributed by atoms with Crippen LogP contribution in [0.4, 0.5) is 0 Å². The minimum atomic E-state index is 0.000895. The lowest BCUT2D eigenvalue weighted by Gasteiger charge is -2.04. The van der Waals surface area contributed by atoms with Crippen LogP contribution in [0.5, 0.6) is 0 Å². The zero-order valence-electron chi connectivity index (χ0n) is 9.03. The molecule has 0 bridgehead atoms. The molecule has 0 saturated heterocycles. The lowest BCUT2D eigenvalue weighted by atomic mass is 10.3. The molecule has 0 atom stereocenters. The monoisotopic (exact) mass is 254 g/mol. The van der Waals surface area contributed by atoms with E-state index >= 15 is 0 Å². The number of thiophene rings is 1. The highest BCUT2D eigenvalue weighted by molar-refractivity contribution is 7.17. The summed E-state index contributed by atoms with van der Waals surface area (Å²) in [5.41, 5.74) is 4.27. The van der Waals surface area contributed by atoms with Gasteiger partial charge >= 0.3 is 0 Å². The summed E-state index contributed by atoms with van der Waals surface area (Å²) in [6, 6.07) is 0. The number of hydrogen-bond acceptors (Lipinski definition) is 3. The highest BCUT2D eigenvalue weighted by atomic mass is 35.5. The predicted molar refractivity (Wildman–Crippen MR) is 68.2 cm³/mol. The quantitative estimate of drug-likeness (QED) is 0.826. The zero-order chi connectivity index (χ0) is 11.7. The van der Waals surface area contributed by atoms with E-state index in [1.807, 2.05) is 19.2 Å². The molecule has 0 fully saturated rings. The molecular weight excluding hydrogens is 244 g/mol. The van der Waals surface area contributed by atoms with Crippen LogP contribution in [-0.2, 0) is 6.54 Å². The number of aromatic nitrogens is 2. The maximum absolute atomic E-state index is 12.1. The van der Waals surface area contributed by atoms with Crippen molar-refractivity contribution in [2.24, 2.45) is 0 Å². The van der Waals surface area contributed by atoms with E-state index in [1.165, 1.54) is 16.9 Å². The molecule has 0 aliphatic heterocycles. The number of fused-ring (bicyclic) bond motifs is 1. The normalized spacial score (nSPS) is 12.3. The van der Waals surface area contributed by atoms with Gasteiger partial charge in [0, 0.05) is 12.1 Å². The number of aryl methyl sites for hydroxylation is 1. The number of nitrogens with zero attached hydrogens (tertiary/aromatic N) is 2. The highest BCUT2D eigenvalue weighted by Crippen LogP contribution is 2.19. The molecule has 0 radical (unpaired) electrons. The van der Waals surface area contributed by atoms with Gasteiger partial charge in [0.1, 0.15) is 4.70 Å². The van der Waals surface area contributed by atoms with Gasteiger partial charge in [0.25, 0.3) is 5.56 Å². The van der Waals surface area contributed by atoms with Gasteiger partial charge < -0.3 is 0 Å². The van der Waals surface area contributed by atoms with Gasteiger partial charge in [0.05, 0.1) is 11.8 Å². The van der Waals surface area contributed by atoms with Crippen LogP contribution >= 0.6 is 22.9 Å². The second-order valence-corrected chi connectivity index (χ2v) is 4.83. The van der Waals surface area contributed by atoms with Gasteiger partial charge in [0.15, 0.2) is 0 Å². The molecule has 0 saturated carbocycles. The van der Waals surface area contributed by atoms with Crippen LogP contribution in [0.15, 0.2) is 27.6 Å². The largest absolute Gasteiger partial charge is 0.294 e. The molecule has 0 spiro atoms. The summed E-state index contributed by atoms with van der Waals surface area (Å²) in [5, 5.41) is 1.95. The molecule has 16 heavy (non-hydrogen) atoms. The first-order valence-corrected chi connectivity index (χ1v) is 6.14. The third kappa shape index (κ3) is 1.90. The molecule has 0 unspecified atom stereocenters. The van der Waals surface area contributed by atoms with Crippen LogP contribution in [0.3, 0.4) is 0 Å². The Labute approximate surface area is 102 Å². The molecule has 5 heteroatoms. The Hall–Kier alpha value is -1.13. The third-order valence-corrected chi connectivity index (χ3v) is 3.78. The van der Waals surface area contributed by atoms with Crippen molar-refractivity contribution in [3.05, 3.63) is 38.7 Å². The Kier molecular flexibility index (Phi) is 3.12. The van der Waals surface area contributed by atoms with Gasteiger partial charge in [-0.2, -0.15) is 0 Å². The van der Waals surface area contributed by atoms with Crippen molar-refractivity contribution >= 4 is 33.2 Å². The van der Waals surface area contributed by atoms with Crippen LogP contribution in [0.25, 0.3) is 10.2 Å². The Morgan fingerprint density at radius 3 is 3.12 bits per heavy atom. The number of hydrogen-bond donors (Lipinski definition) is 0. The number of halogens is 1. The van der Waals surface area contributed by atoms with Crippen molar-refractivity contribution in [1.29, 1.82) is 0 Å². The van der Waals surface area contributed by atoms with E-state index in [1.54, 1.807) is 10.9 Å². The summed E-state index contributed by atoms with van der Waals surface area (Å²) >= 11 is 7.02. The van der Waals surface area contributed by atoms with Gasteiger partial charge in [-0.1, -0.05) is 11.6 Å². The van der Waals surface area contributed by atoms with Crippen molar-refractivity contribution in [3.63, 3.8) is 0 Å². The SMILES string of the molecule is CC(=CCl)Cn1cnc2c(C)csc2c1=O. The second kappa shape index (κ2) is 4.39. The molecule has 2 aromatic rings. The minimum Gasteiger partial charge on any atom is -0.294 e. The van der Waals surface area contributed by atoms with E-state index in [9.17, 15) is 4.79 Å². The van der Waals surface area contributed by atoms with Gasteiger partial charge in [-0.05, 0) is 30.4 Å². The molecule has 3 nitrogen and oxygen atoms in total. The van der Waals surface area contributed by atoms with Crippen LogP contribution in [-0.4, -0.2) is 9.55 Å². The Balaban J connectivity index is 2.57. The highest BCUT2D eigenvalue weighted by Gasteiger charge is 2.08. The standard InChI is InChI=1S/C11H11ClN2OS/c1-7(3-12)4-14-6-13-9-8(2)5-16-10(9)11(14)15/h3,5-6H,4H2,1-2H3. The van der Waals surface area contributed by atoms with Crippen molar-refractivity contribution < 1.29 is 0 Å². The summed E-state index contributed by atoms with van der Waals surface area (Å²) in [6.45, 7) is 4.32. The fourth-order valence-electron chi connectivity index (χ4n) is 1.48. The summed E-state index contributed by atoms with van der Waals surface area (Å²) in [6.07, 6.45) is 1.58. The van der Waals surface area contributed by atoms with Gasteiger partial charge in [-0.15, -0.1) is 11.3 Å². The van der Waals surface area contributed by atoms with E-state index in [0.29, 0.717) is 11.2 Å². The number of allylic oxidation sites excluding steroid dienone is 1. The molecule has 0 aliphatic rings. The Morgan fingerprint density at radius 2 is 2.44 bits per heavy atom. The Bertz CT molecular complexity index is 612. The lowest BCUT2D eigenvalue weighted by Crippen LogP contribution is -2.20. The minimum absolute atomic E-state index is 0.000895. The van der Waals surface area contributed by atoms with Crippen molar-refractivity contribution in [2.75, 3.05) is 0 Å². The molecule has 0 aliphatic carbocycles. The molecule has 0 N–H and O–H groups in total. The first kappa shape index (κ1) is 11.4. The number of rotatable bonds is 2. The summed E-state index contributed by atoms with van der Waals surface area (Å²) in [4.78, 5) is 16.3. The van der Waals surface area contributed by atoms with E-state index in [-0.39, 0.29) is 5.56 Å². The predicted octanol–water partition coefficient (Wildman–Crippen LogP) is 2.91. The van der Waals surface area contributed by atoms with Gasteiger partial charge in [-0.25, -0.2) is 4.98 Å². The fraction of sp³-hybridized carbons (Fsp3) is 0.273. The lowest BCUT2D eigenvalue weighted by molar-refractivity contribution is 0.738. The smallest absolute Gasteiger partial charge is 0.271 e. The van der Waals surface area contributed by atoms with Crippen molar-refractivity contribution in [3.8, 4) is 0 Å². The summed E-state index contributed by atoms with van der Waals surface area (Å²) in [5.74, 6) is 0.